The van der Waals surface area contributed by atoms with Crippen molar-refractivity contribution in [1.82, 2.24) is 0 Å². The molecule has 0 aliphatic heterocycles. The maximum Gasteiger partial charge on any atom is 0.236 e. The summed E-state index contributed by atoms with van der Waals surface area (Å²) < 4.78 is 5.76. The molecule has 0 aliphatic rings. The van der Waals surface area contributed by atoms with Gasteiger partial charge in [-0.2, -0.15) is 0 Å². The van der Waals surface area contributed by atoms with Crippen molar-refractivity contribution >= 4 is 0 Å². The van der Waals surface area contributed by atoms with Crippen LogP contribution in [0.2, 0.25) is 0 Å². The van der Waals surface area contributed by atoms with Gasteiger partial charge in [-0.3, -0.25) is 10.1 Å². The van der Waals surface area contributed by atoms with Gasteiger partial charge in [0.2, 0.25) is 6.04 Å². The summed E-state index contributed by atoms with van der Waals surface area (Å²) in [6.45, 7) is 4.19. The summed E-state index contributed by atoms with van der Waals surface area (Å²) in [5.74, 6) is 0. The highest BCUT2D eigenvalue weighted by Crippen LogP contribution is 2.15. The highest BCUT2D eigenvalue weighted by Gasteiger charge is 2.26. The molecular formula is C15H23NO3. The molecule has 1 rings (SSSR count). The van der Waals surface area contributed by atoms with Crippen LogP contribution < -0.4 is 0 Å². The smallest absolute Gasteiger partial charge is 0.236 e. The zero-order chi connectivity index (χ0) is 14.1. The summed E-state index contributed by atoms with van der Waals surface area (Å²) in [6.07, 6.45) is 3.63. The molecule has 0 N–H and O–H groups in total. The Hall–Kier alpha value is -1.42. The number of hydrogen-bond donors (Lipinski definition) is 0. The van der Waals surface area contributed by atoms with Gasteiger partial charge in [-0.05, 0) is 12.0 Å². The summed E-state index contributed by atoms with van der Waals surface area (Å²) in [6, 6.07) is 9.13. The van der Waals surface area contributed by atoms with Gasteiger partial charge in [-0.1, -0.05) is 56.5 Å². The van der Waals surface area contributed by atoms with Crippen molar-refractivity contribution in [2.45, 2.75) is 58.3 Å². The van der Waals surface area contributed by atoms with Crippen molar-refractivity contribution in [3.8, 4) is 0 Å². The van der Waals surface area contributed by atoms with E-state index in [0.29, 0.717) is 6.61 Å². The molecular weight excluding hydrogens is 242 g/mol. The van der Waals surface area contributed by atoms with Crippen molar-refractivity contribution in [1.29, 1.82) is 0 Å². The first kappa shape index (κ1) is 15.6. The highest BCUT2D eigenvalue weighted by atomic mass is 16.6. The van der Waals surface area contributed by atoms with Crippen LogP contribution in [0.15, 0.2) is 30.3 Å². The van der Waals surface area contributed by atoms with E-state index in [1.807, 2.05) is 30.3 Å². The fourth-order valence-corrected chi connectivity index (χ4v) is 1.97. The first-order valence-corrected chi connectivity index (χ1v) is 6.94. The first-order chi connectivity index (χ1) is 9.15. The van der Waals surface area contributed by atoms with Crippen LogP contribution in [0.5, 0.6) is 0 Å². The standard InChI is InChI=1S/C15H23NO3/c1-3-4-6-11-15(13(2)16(17)18)19-12-14-9-7-5-8-10-14/h5,7-10,13,15H,3-4,6,11-12H2,1-2H3. The molecule has 0 amide bonds. The van der Waals surface area contributed by atoms with E-state index in [9.17, 15) is 10.1 Å². The zero-order valence-corrected chi connectivity index (χ0v) is 11.7. The average Bonchev–Trinajstić information content (AvgIpc) is 2.43. The number of benzene rings is 1. The van der Waals surface area contributed by atoms with Gasteiger partial charge in [0.15, 0.2) is 0 Å². The summed E-state index contributed by atoms with van der Waals surface area (Å²) >= 11 is 0. The number of rotatable bonds is 9. The van der Waals surface area contributed by atoms with Gasteiger partial charge in [0.1, 0.15) is 6.10 Å². The summed E-state index contributed by atoms with van der Waals surface area (Å²) in [4.78, 5) is 10.7. The molecule has 1 aromatic rings. The van der Waals surface area contributed by atoms with Crippen molar-refractivity contribution < 1.29 is 9.66 Å². The minimum absolute atomic E-state index is 0.248. The molecule has 0 radical (unpaired) electrons. The van der Waals surface area contributed by atoms with Crippen LogP contribution in [0.1, 0.15) is 45.1 Å². The van der Waals surface area contributed by atoms with Crippen molar-refractivity contribution in [3.63, 3.8) is 0 Å². The second-order valence-electron chi connectivity index (χ2n) is 4.86. The first-order valence-electron chi connectivity index (χ1n) is 6.94. The zero-order valence-electron chi connectivity index (χ0n) is 11.7. The SMILES string of the molecule is CCCCCC(OCc1ccccc1)C(C)[N+](=O)[O-]. The maximum atomic E-state index is 10.9. The normalized spacial score (nSPS) is 14.0. The van der Waals surface area contributed by atoms with Gasteiger partial charge in [0.25, 0.3) is 0 Å². The lowest BCUT2D eigenvalue weighted by Crippen LogP contribution is -2.33. The number of ether oxygens (including phenoxy) is 1. The largest absolute Gasteiger partial charge is 0.366 e. The number of nitro groups is 1. The van der Waals surface area contributed by atoms with Gasteiger partial charge in [-0.25, -0.2) is 0 Å². The van der Waals surface area contributed by atoms with Gasteiger partial charge < -0.3 is 4.74 Å². The predicted octanol–water partition coefficient (Wildman–Crippen LogP) is 3.82. The number of unbranched alkanes of at least 4 members (excludes halogenated alkanes) is 2. The van der Waals surface area contributed by atoms with Crippen LogP contribution in [0.4, 0.5) is 0 Å². The van der Waals surface area contributed by atoms with E-state index in [2.05, 4.69) is 6.92 Å². The minimum Gasteiger partial charge on any atom is -0.366 e. The lowest BCUT2D eigenvalue weighted by molar-refractivity contribution is -0.531. The third kappa shape index (κ3) is 5.83. The summed E-state index contributed by atoms with van der Waals surface area (Å²) in [7, 11) is 0. The molecule has 0 heterocycles. The van der Waals surface area contributed by atoms with Crippen molar-refractivity contribution in [2.75, 3.05) is 0 Å². The third-order valence-electron chi connectivity index (χ3n) is 3.27. The quantitative estimate of drug-likeness (QED) is 0.387. The average molecular weight is 265 g/mol. The second-order valence-corrected chi connectivity index (χ2v) is 4.86. The molecule has 0 saturated heterocycles. The molecule has 19 heavy (non-hydrogen) atoms. The van der Waals surface area contributed by atoms with Gasteiger partial charge in [-0.15, -0.1) is 0 Å². The molecule has 1 aromatic carbocycles. The van der Waals surface area contributed by atoms with Crippen LogP contribution in [0, 0.1) is 10.1 Å². The van der Waals surface area contributed by atoms with E-state index >= 15 is 0 Å². The molecule has 4 nitrogen and oxygen atoms in total. The van der Waals surface area contributed by atoms with E-state index < -0.39 is 6.04 Å². The topological polar surface area (TPSA) is 52.4 Å². The molecule has 0 spiro atoms. The summed E-state index contributed by atoms with van der Waals surface area (Å²) in [5, 5.41) is 10.9. The Morgan fingerprint density at radius 3 is 2.53 bits per heavy atom. The van der Waals surface area contributed by atoms with Gasteiger partial charge in [0, 0.05) is 11.8 Å². The molecule has 0 fully saturated rings. The second kappa shape index (κ2) is 8.64. The predicted molar refractivity (Wildman–Crippen MR) is 75.6 cm³/mol. The Balaban J connectivity index is 2.50. The van der Waals surface area contributed by atoms with E-state index in [-0.39, 0.29) is 11.0 Å². The van der Waals surface area contributed by atoms with Crippen LogP contribution in [0.3, 0.4) is 0 Å². The van der Waals surface area contributed by atoms with E-state index in [1.165, 1.54) is 0 Å². The van der Waals surface area contributed by atoms with Crippen LogP contribution >= 0.6 is 0 Å². The molecule has 2 unspecified atom stereocenters. The monoisotopic (exact) mass is 265 g/mol. The maximum absolute atomic E-state index is 10.9. The molecule has 2 atom stereocenters. The molecule has 0 bridgehead atoms. The highest BCUT2D eigenvalue weighted by molar-refractivity contribution is 5.13. The molecule has 0 aromatic heterocycles. The van der Waals surface area contributed by atoms with Crippen LogP contribution in [0.25, 0.3) is 0 Å². The minimum atomic E-state index is -0.652. The third-order valence-corrected chi connectivity index (χ3v) is 3.27. The van der Waals surface area contributed by atoms with E-state index in [1.54, 1.807) is 6.92 Å². The summed E-state index contributed by atoms with van der Waals surface area (Å²) in [5.41, 5.74) is 1.05. The number of hydrogen-bond acceptors (Lipinski definition) is 3. The van der Waals surface area contributed by atoms with Gasteiger partial charge in [0.05, 0.1) is 6.61 Å². The van der Waals surface area contributed by atoms with Crippen LogP contribution in [-0.4, -0.2) is 17.1 Å². The van der Waals surface area contributed by atoms with E-state index in [0.717, 1.165) is 31.2 Å². The Labute approximate surface area is 114 Å². The molecule has 0 saturated carbocycles. The number of nitrogens with zero attached hydrogens (tertiary/aromatic N) is 1. The Bertz CT molecular complexity index is 367. The lowest BCUT2D eigenvalue weighted by atomic mass is 10.1. The molecule has 106 valence electrons. The van der Waals surface area contributed by atoms with Gasteiger partial charge >= 0.3 is 0 Å². The van der Waals surface area contributed by atoms with Crippen molar-refractivity contribution in [2.24, 2.45) is 0 Å². The Morgan fingerprint density at radius 2 is 1.95 bits per heavy atom. The lowest BCUT2D eigenvalue weighted by Gasteiger charge is -2.19. The Morgan fingerprint density at radius 1 is 1.26 bits per heavy atom. The van der Waals surface area contributed by atoms with Crippen molar-refractivity contribution in [3.05, 3.63) is 46.0 Å². The fourth-order valence-electron chi connectivity index (χ4n) is 1.97. The molecule has 4 heteroatoms. The fraction of sp³-hybridized carbons (Fsp3) is 0.600. The molecule has 0 aliphatic carbocycles. The van der Waals surface area contributed by atoms with Crippen LogP contribution in [-0.2, 0) is 11.3 Å². The Kier molecular flexibility index (Phi) is 7.11. The van der Waals surface area contributed by atoms with E-state index in [4.69, 9.17) is 4.74 Å².